The van der Waals surface area contributed by atoms with E-state index in [1.807, 2.05) is 0 Å². The summed E-state index contributed by atoms with van der Waals surface area (Å²) in [6.07, 6.45) is 2.82. The van der Waals surface area contributed by atoms with Gasteiger partial charge in [-0.2, -0.15) is 0 Å². The standard InChI is InChI=1S/C11H24N2/c1-5-13(4)9-8-12-10(2)11(3)6-7-11/h10,12H,5-9H2,1-4H3. The molecule has 1 saturated carbocycles. The van der Waals surface area contributed by atoms with Crippen molar-refractivity contribution in [2.45, 2.75) is 39.7 Å². The predicted octanol–water partition coefficient (Wildman–Crippen LogP) is 1.72. The minimum Gasteiger partial charge on any atom is -0.312 e. The van der Waals surface area contributed by atoms with Crippen LogP contribution in [0.4, 0.5) is 0 Å². The van der Waals surface area contributed by atoms with E-state index in [0.29, 0.717) is 11.5 Å². The zero-order valence-electron chi connectivity index (χ0n) is 9.56. The highest BCUT2D eigenvalue weighted by atomic mass is 15.1. The molecule has 0 aromatic heterocycles. The minimum absolute atomic E-state index is 0.616. The number of nitrogens with one attached hydrogen (secondary N) is 1. The van der Waals surface area contributed by atoms with Gasteiger partial charge < -0.3 is 10.2 Å². The second-order valence-corrected chi connectivity index (χ2v) is 4.73. The molecule has 13 heavy (non-hydrogen) atoms. The van der Waals surface area contributed by atoms with Gasteiger partial charge in [0, 0.05) is 19.1 Å². The predicted molar refractivity (Wildman–Crippen MR) is 58.0 cm³/mol. The number of likely N-dealkylation sites (N-methyl/N-ethyl adjacent to an activating group) is 1. The smallest absolute Gasteiger partial charge is 0.0104 e. The van der Waals surface area contributed by atoms with Crippen molar-refractivity contribution >= 4 is 0 Å². The van der Waals surface area contributed by atoms with E-state index in [0.717, 1.165) is 19.6 Å². The lowest BCUT2D eigenvalue weighted by Crippen LogP contribution is -2.38. The first-order valence-corrected chi connectivity index (χ1v) is 5.50. The van der Waals surface area contributed by atoms with Crippen molar-refractivity contribution in [1.82, 2.24) is 10.2 Å². The van der Waals surface area contributed by atoms with Crippen LogP contribution in [0.3, 0.4) is 0 Å². The van der Waals surface area contributed by atoms with Gasteiger partial charge in [0.2, 0.25) is 0 Å². The second kappa shape index (κ2) is 4.43. The van der Waals surface area contributed by atoms with Gasteiger partial charge in [0.1, 0.15) is 0 Å². The molecule has 1 unspecified atom stereocenters. The molecule has 78 valence electrons. The molecular formula is C11H24N2. The molecule has 0 radical (unpaired) electrons. The van der Waals surface area contributed by atoms with E-state index in [2.05, 4.69) is 38.0 Å². The number of rotatable bonds is 6. The van der Waals surface area contributed by atoms with E-state index in [4.69, 9.17) is 0 Å². The fourth-order valence-electron chi connectivity index (χ4n) is 1.51. The zero-order valence-corrected chi connectivity index (χ0v) is 9.56. The first-order chi connectivity index (χ1) is 6.08. The molecule has 1 N–H and O–H groups in total. The maximum absolute atomic E-state index is 3.61. The zero-order chi connectivity index (χ0) is 9.90. The summed E-state index contributed by atoms with van der Waals surface area (Å²) < 4.78 is 0. The Morgan fingerprint density at radius 1 is 1.46 bits per heavy atom. The first-order valence-electron chi connectivity index (χ1n) is 5.50. The highest BCUT2D eigenvalue weighted by Gasteiger charge is 2.41. The van der Waals surface area contributed by atoms with E-state index in [9.17, 15) is 0 Å². The Hall–Kier alpha value is -0.0800. The summed E-state index contributed by atoms with van der Waals surface area (Å²) in [6.45, 7) is 10.3. The molecule has 1 aliphatic rings. The van der Waals surface area contributed by atoms with Crippen LogP contribution in [0.1, 0.15) is 33.6 Å². The Balaban J connectivity index is 2.05. The van der Waals surface area contributed by atoms with Gasteiger partial charge in [-0.05, 0) is 38.8 Å². The largest absolute Gasteiger partial charge is 0.312 e. The molecule has 0 saturated heterocycles. The summed E-state index contributed by atoms with van der Waals surface area (Å²) in [7, 11) is 2.17. The molecule has 0 amide bonds. The van der Waals surface area contributed by atoms with Gasteiger partial charge in [-0.1, -0.05) is 13.8 Å². The van der Waals surface area contributed by atoms with Crippen molar-refractivity contribution in [2.75, 3.05) is 26.7 Å². The highest BCUT2D eigenvalue weighted by molar-refractivity contribution is 4.96. The molecule has 2 heteroatoms. The number of hydrogen-bond donors (Lipinski definition) is 1. The molecule has 0 aromatic carbocycles. The molecule has 1 atom stereocenters. The molecule has 2 nitrogen and oxygen atoms in total. The van der Waals surface area contributed by atoms with Crippen molar-refractivity contribution in [1.29, 1.82) is 0 Å². The molecule has 1 aliphatic carbocycles. The summed E-state index contributed by atoms with van der Waals surface area (Å²) in [5, 5.41) is 3.61. The Kier molecular flexibility index (Phi) is 3.74. The van der Waals surface area contributed by atoms with Crippen LogP contribution in [0.5, 0.6) is 0 Å². The Morgan fingerprint density at radius 2 is 2.08 bits per heavy atom. The van der Waals surface area contributed by atoms with Gasteiger partial charge in [-0.25, -0.2) is 0 Å². The van der Waals surface area contributed by atoms with Gasteiger partial charge in [0.05, 0.1) is 0 Å². The fraction of sp³-hybridized carbons (Fsp3) is 1.00. The lowest BCUT2D eigenvalue weighted by atomic mass is 10.0. The first kappa shape index (κ1) is 11.0. The van der Waals surface area contributed by atoms with Crippen LogP contribution in [-0.2, 0) is 0 Å². The van der Waals surface area contributed by atoms with Crippen LogP contribution < -0.4 is 5.32 Å². The maximum atomic E-state index is 3.61. The topological polar surface area (TPSA) is 15.3 Å². The van der Waals surface area contributed by atoms with Crippen LogP contribution in [-0.4, -0.2) is 37.6 Å². The molecule has 0 bridgehead atoms. The van der Waals surface area contributed by atoms with Crippen LogP contribution in [0.25, 0.3) is 0 Å². The van der Waals surface area contributed by atoms with Crippen LogP contribution in [0.15, 0.2) is 0 Å². The monoisotopic (exact) mass is 184 g/mol. The summed E-state index contributed by atoms with van der Waals surface area (Å²) in [5.74, 6) is 0. The van der Waals surface area contributed by atoms with Crippen LogP contribution in [0.2, 0.25) is 0 Å². The minimum atomic E-state index is 0.616. The third-order valence-electron chi connectivity index (χ3n) is 3.57. The Labute approximate surface area is 82.7 Å². The van der Waals surface area contributed by atoms with E-state index in [1.165, 1.54) is 12.8 Å². The van der Waals surface area contributed by atoms with Crippen LogP contribution >= 0.6 is 0 Å². The van der Waals surface area contributed by atoms with Crippen molar-refractivity contribution < 1.29 is 0 Å². The lowest BCUT2D eigenvalue weighted by Gasteiger charge is -2.22. The fourth-order valence-corrected chi connectivity index (χ4v) is 1.51. The maximum Gasteiger partial charge on any atom is 0.0104 e. The van der Waals surface area contributed by atoms with Crippen molar-refractivity contribution in [3.05, 3.63) is 0 Å². The second-order valence-electron chi connectivity index (χ2n) is 4.73. The van der Waals surface area contributed by atoms with Crippen molar-refractivity contribution in [3.63, 3.8) is 0 Å². The average Bonchev–Trinajstić information content (AvgIpc) is 2.84. The van der Waals surface area contributed by atoms with Crippen LogP contribution in [0, 0.1) is 5.41 Å². The Morgan fingerprint density at radius 3 is 2.54 bits per heavy atom. The molecule has 0 spiro atoms. The summed E-state index contributed by atoms with van der Waals surface area (Å²) in [5.41, 5.74) is 0.616. The van der Waals surface area contributed by atoms with E-state index < -0.39 is 0 Å². The molecular weight excluding hydrogens is 160 g/mol. The molecule has 0 aliphatic heterocycles. The average molecular weight is 184 g/mol. The normalized spacial score (nSPS) is 21.9. The van der Waals surface area contributed by atoms with Crippen molar-refractivity contribution in [3.8, 4) is 0 Å². The van der Waals surface area contributed by atoms with E-state index in [1.54, 1.807) is 0 Å². The molecule has 0 aromatic rings. The quantitative estimate of drug-likeness (QED) is 0.676. The van der Waals surface area contributed by atoms with Gasteiger partial charge in [-0.15, -0.1) is 0 Å². The SMILES string of the molecule is CCN(C)CCNC(C)C1(C)CC1. The molecule has 0 heterocycles. The van der Waals surface area contributed by atoms with E-state index >= 15 is 0 Å². The highest BCUT2D eigenvalue weighted by Crippen LogP contribution is 2.47. The summed E-state index contributed by atoms with van der Waals surface area (Å²) in [6, 6.07) is 0.692. The Bertz CT molecular complexity index is 152. The lowest BCUT2D eigenvalue weighted by molar-refractivity contribution is 0.316. The van der Waals surface area contributed by atoms with Gasteiger partial charge in [-0.3, -0.25) is 0 Å². The third kappa shape index (κ3) is 3.28. The van der Waals surface area contributed by atoms with Gasteiger partial charge >= 0.3 is 0 Å². The van der Waals surface area contributed by atoms with Gasteiger partial charge in [0.25, 0.3) is 0 Å². The number of nitrogens with zero attached hydrogens (tertiary/aromatic N) is 1. The van der Waals surface area contributed by atoms with Crippen molar-refractivity contribution in [2.24, 2.45) is 5.41 Å². The number of hydrogen-bond acceptors (Lipinski definition) is 2. The summed E-state index contributed by atoms with van der Waals surface area (Å²) in [4.78, 5) is 2.34. The van der Waals surface area contributed by atoms with Gasteiger partial charge in [0.15, 0.2) is 0 Å². The molecule has 1 rings (SSSR count). The summed E-state index contributed by atoms with van der Waals surface area (Å²) >= 11 is 0. The molecule has 1 fully saturated rings. The van der Waals surface area contributed by atoms with E-state index in [-0.39, 0.29) is 0 Å². The third-order valence-corrected chi connectivity index (χ3v) is 3.57.